The molecule has 0 aromatic heterocycles. The van der Waals surface area contributed by atoms with E-state index in [1.54, 1.807) is 0 Å². The first-order chi connectivity index (χ1) is 12.1. The summed E-state index contributed by atoms with van der Waals surface area (Å²) in [6.07, 6.45) is 4.28. The van der Waals surface area contributed by atoms with Crippen molar-refractivity contribution in [3.8, 4) is 0 Å². The average Bonchev–Trinajstić information content (AvgIpc) is 2.66. The Hall–Kier alpha value is -1.88. The fraction of sp³-hybridized carbons (Fsp3) is 0.600. The van der Waals surface area contributed by atoms with E-state index >= 15 is 0 Å². The fourth-order valence-corrected chi connectivity index (χ4v) is 4.76. The van der Waals surface area contributed by atoms with Crippen molar-refractivity contribution in [2.75, 3.05) is 33.2 Å². The summed E-state index contributed by atoms with van der Waals surface area (Å²) in [6.45, 7) is 2.99. The van der Waals surface area contributed by atoms with Crippen LogP contribution in [0.2, 0.25) is 0 Å². The lowest BCUT2D eigenvalue weighted by Crippen LogP contribution is -2.67. The zero-order valence-corrected chi connectivity index (χ0v) is 15.0. The Labute approximate surface area is 149 Å². The van der Waals surface area contributed by atoms with Gasteiger partial charge in [-0.15, -0.1) is 0 Å². The highest BCUT2D eigenvalue weighted by atomic mass is 16.2. The topological polar surface area (TPSA) is 52.7 Å². The number of aryl methyl sites for hydroxylation is 1. The Bertz CT molecular complexity index is 679. The normalized spacial score (nSPS) is 26.2. The molecule has 5 nitrogen and oxygen atoms in total. The van der Waals surface area contributed by atoms with Gasteiger partial charge in [-0.3, -0.25) is 14.5 Å². The number of likely N-dealkylation sites (N-methyl/N-ethyl adjacent to an activating group) is 1. The molecular weight excluding hydrogens is 314 g/mol. The minimum Gasteiger partial charge on any atom is -0.353 e. The van der Waals surface area contributed by atoms with Crippen molar-refractivity contribution >= 4 is 11.8 Å². The van der Waals surface area contributed by atoms with Crippen LogP contribution in [0.25, 0.3) is 0 Å². The quantitative estimate of drug-likeness (QED) is 0.835. The van der Waals surface area contributed by atoms with Crippen LogP contribution in [0, 0.1) is 5.92 Å². The van der Waals surface area contributed by atoms with Crippen molar-refractivity contribution in [2.45, 2.75) is 37.6 Å². The molecule has 2 amide bonds. The van der Waals surface area contributed by atoms with Gasteiger partial charge in [0.2, 0.25) is 11.8 Å². The van der Waals surface area contributed by atoms with Crippen molar-refractivity contribution in [1.29, 1.82) is 0 Å². The molecule has 2 saturated heterocycles. The van der Waals surface area contributed by atoms with Gasteiger partial charge in [-0.05, 0) is 50.3 Å². The minimum absolute atomic E-state index is 0.0989. The van der Waals surface area contributed by atoms with Gasteiger partial charge in [-0.25, -0.2) is 0 Å². The Morgan fingerprint density at radius 2 is 1.88 bits per heavy atom. The monoisotopic (exact) mass is 341 g/mol. The molecule has 2 fully saturated rings. The van der Waals surface area contributed by atoms with Crippen LogP contribution in [0.1, 0.15) is 30.4 Å². The van der Waals surface area contributed by atoms with Gasteiger partial charge in [-0.1, -0.05) is 24.3 Å². The lowest BCUT2D eigenvalue weighted by atomic mass is 9.81. The zero-order chi connectivity index (χ0) is 17.4. The number of hydrogen-bond acceptors (Lipinski definition) is 3. The average molecular weight is 341 g/mol. The second-order valence-electron chi connectivity index (χ2n) is 7.74. The number of rotatable bonds is 1. The van der Waals surface area contributed by atoms with E-state index in [9.17, 15) is 9.59 Å². The van der Waals surface area contributed by atoms with E-state index < -0.39 is 5.54 Å². The molecule has 1 aromatic carbocycles. The molecule has 0 radical (unpaired) electrons. The Morgan fingerprint density at radius 3 is 2.60 bits per heavy atom. The van der Waals surface area contributed by atoms with Crippen molar-refractivity contribution in [2.24, 2.45) is 5.92 Å². The van der Waals surface area contributed by atoms with Crippen LogP contribution in [-0.4, -0.2) is 60.4 Å². The molecule has 0 bridgehead atoms. The first-order valence-electron chi connectivity index (χ1n) is 9.45. The van der Waals surface area contributed by atoms with Crippen molar-refractivity contribution < 1.29 is 9.59 Å². The second kappa shape index (κ2) is 6.45. The van der Waals surface area contributed by atoms with Crippen LogP contribution in [0.5, 0.6) is 0 Å². The lowest BCUT2D eigenvalue weighted by molar-refractivity contribution is -0.147. The SMILES string of the molecule is CN1CCNC(=O)C12CCN(C(=O)[C@@H]1CCc3ccccc3C1)CC2. The molecule has 134 valence electrons. The van der Waals surface area contributed by atoms with Gasteiger partial charge >= 0.3 is 0 Å². The van der Waals surface area contributed by atoms with Crippen LogP contribution in [0.15, 0.2) is 24.3 Å². The van der Waals surface area contributed by atoms with E-state index in [-0.39, 0.29) is 17.7 Å². The van der Waals surface area contributed by atoms with E-state index in [0.29, 0.717) is 13.1 Å². The molecular formula is C20H27N3O2. The predicted octanol–water partition coefficient (Wildman–Crippen LogP) is 1.21. The maximum absolute atomic E-state index is 13.0. The van der Waals surface area contributed by atoms with Crippen molar-refractivity contribution in [1.82, 2.24) is 15.1 Å². The molecule has 25 heavy (non-hydrogen) atoms. The standard InChI is InChI=1S/C20H27N3O2/c1-22-13-10-21-19(25)20(22)8-11-23(12-9-20)18(24)17-7-6-15-4-2-3-5-16(15)14-17/h2-5,17H,6-14H2,1H3,(H,21,25)/t17-/m1/s1. The molecule has 1 aromatic rings. The number of carbonyl (C=O) groups excluding carboxylic acids is 2. The molecule has 1 aliphatic carbocycles. The van der Waals surface area contributed by atoms with Gasteiger partial charge in [0.15, 0.2) is 0 Å². The molecule has 2 heterocycles. The summed E-state index contributed by atoms with van der Waals surface area (Å²) >= 11 is 0. The highest BCUT2D eigenvalue weighted by molar-refractivity contribution is 5.88. The smallest absolute Gasteiger partial charge is 0.240 e. The Morgan fingerprint density at radius 1 is 1.16 bits per heavy atom. The summed E-state index contributed by atoms with van der Waals surface area (Å²) in [6, 6.07) is 8.48. The first-order valence-corrected chi connectivity index (χ1v) is 9.45. The lowest BCUT2D eigenvalue weighted by Gasteiger charge is -2.49. The van der Waals surface area contributed by atoms with Crippen LogP contribution in [0.3, 0.4) is 0 Å². The number of carbonyl (C=O) groups is 2. The first kappa shape index (κ1) is 16.6. The zero-order valence-electron chi connectivity index (χ0n) is 15.0. The number of fused-ring (bicyclic) bond motifs is 1. The molecule has 1 N–H and O–H groups in total. The summed E-state index contributed by atoms with van der Waals surface area (Å²) in [5.74, 6) is 0.519. The molecule has 1 atom stereocenters. The van der Waals surface area contributed by atoms with Crippen LogP contribution < -0.4 is 5.32 Å². The second-order valence-corrected chi connectivity index (χ2v) is 7.74. The number of nitrogens with one attached hydrogen (secondary N) is 1. The highest BCUT2D eigenvalue weighted by Crippen LogP contribution is 2.32. The summed E-state index contributed by atoms with van der Waals surface area (Å²) in [7, 11) is 2.04. The van der Waals surface area contributed by atoms with Gasteiger partial charge in [0.25, 0.3) is 0 Å². The van der Waals surface area contributed by atoms with E-state index in [0.717, 1.165) is 45.2 Å². The maximum atomic E-state index is 13.0. The van der Waals surface area contributed by atoms with Gasteiger partial charge in [0.1, 0.15) is 5.54 Å². The Balaban J connectivity index is 1.41. The van der Waals surface area contributed by atoms with Gasteiger partial charge < -0.3 is 10.2 Å². The molecule has 1 spiro atoms. The molecule has 4 rings (SSSR count). The largest absolute Gasteiger partial charge is 0.353 e. The molecule has 5 heteroatoms. The molecule has 2 aliphatic heterocycles. The highest BCUT2D eigenvalue weighted by Gasteiger charge is 2.47. The number of amides is 2. The third-order valence-electron chi connectivity index (χ3n) is 6.48. The Kier molecular flexibility index (Phi) is 4.28. The third kappa shape index (κ3) is 2.84. The minimum atomic E-state index is -0.409. The van der Waals surface area contributed by atoms with E-state index in [1.807, 2.05) is 11.9 Å². The molecule has 0 saturated carbocycles. The number of benzene rings is 1. The number of piperidine rings is 1. The number of piperazine rings is 1. The van der Waals surface area contributed by atoms with Gasteiger partial charge in [0, 0.05) is 32.1 Å². The number of likely N-dealkylation sites (tertiary alicyclic amines) is 1. The summed E-state index contributed by atoms with van der Waals surface area (Å²) in [5, 5.41) is 3.01. The number of nitrogens with zero attached hydrogens (tertiary/aromatic N) is 2. The van der Waals surface area contributed by atoms with Crippen LogP contribution in [-0.2, 0) is 22.4 Å². The van der Waals surface area contributed by atoms with Gasteiger partial charge in [-0.2, -0.15) is 0 Å². The van der Waals surface area contributed by atoms with Gasteiger partial charge in [0.05, 0.1) is 0 Å². The summed E-state index contributed by atoms with van der Waals surface area (Å²) in [4.78, 5) is 29.6. The fourth-order valence-electron chi connectivity index (χ4n) is 4.76. The number of hydrogen-bond donors (Lipinski definition) is 1. The third-order valence-corrected chi connectivity index (χ3v) is 6.48. The van der Waals surface area contributed by atoms with E-state index in [2.05, 4.69) is 34.5 Å². The van der Waals surface area contributed by atoms with Crippen LogP contribution >= 0.6 is 0 Å². The van der Waals surface area contributed by atoms with Crippen LogP contribution in [0.4, 0.5) is 0 Å². The van der Waals surface area contributed by atoms with Crippen molar-refractivity contribution in [3.63, 3.8) is 0 Å². The predicted molar refractivity (Wildman–Crippen MR) is 96.1 cm³/mol. The maximum Gasteiger partial charge on any atom is 0.240 e. The molecule has 3 aliphatic rings. The molecule has 0 unspecified atom stereocenters. The summed E-state index contributed by atoms with van der Waals surface area (Å²) < 4.78 is 0. The van der Waals surface area contributed by atoms with E-state index in [1.165, 1.54) is 11.1 Å². The van der Waals surface area contributed by atoms with E-state index in [4.69, 9.17) is 0 Å². The van der Waals surface area contributed by atoms with Crippen molar-refractivity contribution in [3.05, 3.63) is 35.4 Å². The summed E-state index contributed by atoms with van der Waals surface area (Å²) in [5.41, 5.74) is 2.31.